The van der Waals surface area contributed by atoms with Crippen LogP contribution in [-0.4, -0.2) is 11.0 Å². The Balaban J connectivity index is 1.79. The number of rotatable bonds is 5. The second-order valence-corrected chi connectivity index (χ2v) is 6.53. The zero-order valence-corrected chi connectivity index (χ0v) is 13.3. The third kappa shape index (κ3) is 3.49. The summed E-state index contributed by atoms with van der Waals surface area (Å²) in [6.07, 6.45) is 0.910. The van der Waals surface area contributed by atoms with E-state index in [1.807, 2.05) is 0 Å². The van der Waals surface area contributed by atoms with Gasteiger partial charge in [0, 0.05) is 24.4 Å². The maximum atomic E-state index is 4.74. The molecule has 2 nitrogen and oxygen atoms in total. The van der Waals surface area contributed by atoms with Crippen LogP contribution in [0.1, 0.15) is 30.1 Å². The van der Waals surface area contributed by atoms with Crippen molar-refractivity contribution in [3.63, 3.8) is 0 Å². The molecule has 0 spiro atoms. The molecule has 3 heteroatoms. The fourth-order valence-electron chi connectivity index (χ4n) is 2.43. The fraction of sp³-hybridized carbons (Fsp3) is 0.278. The van der Waals surface area contributed by atoms with E-state index in [9.17, 15) is 0 Å². The predicted molar refractivity (Wildman–Crippen MR) is 90.8 cm³/mol. The Morgan fingerprint density at radius 3 is 2.76 bits per heavy atom. The van der Waals surface area contributed by atoms with Crippen LogP contribution in [0.2, 0.25) is 0 Å². The minimum absolute atomic E-state index is 0.494. The van der Waals surface area contributed by atoms with Gasteiger partial charge in [0.2, 0.25) is 0 Å². The van der Waals surface area contributed by atoms with Crippen LogP contribution in [0.25, 0.3) is 10.8 Å². The van der Waals surface area contributed by atoms with Crippen molar-refractivity contribution in [2.75, 3.05) is 0 Å². The zero-order valence-electron chi connectivity index (χ0n) is 12.5. The normalized spacial score (nSPS) is 11.4. The quantitative estimate of drug-likeness (QED) is 0.755. The summed E-state index contributed by atoms with van der Waals surface area (Å²) >= 11 is 1.75. The van der Waals surface area contributed by atoms with Gasteiger partial charge in [-0.2, -0.15) is 0 Å². The van der Waals surface area contributed by atoms with Crippen LogP contribution in [-0.2, 0) is 13.0 Å². The lowest BCUT2D eigenvalue weighted by Crippen LogP contribution is -2.21. The van der Waals surface area contributed by atoms with Crippen molar-refractivity contribution in [3.8, 4) is 0 Å². The number of hydrogen-bond donors (Lipinski definition) is 1. The molecule has 1 aromatic heterocycles. The van der Waals surface area contributed by atoms with Gasteiger partial charge in [0.15, 0.2) is 0 Å². The number of nitrogens with one attached hydrogen (secondary N) is 1. The van der Waals surface area contributed by atoms with Crippen LogP contribution < -0.4 is 5.32 Å². The first kappa shape index (κ1) is 14.2. The highest BCUT2D eigenvalue weighted by Crippen LogP contribution is 2.22. The maximum absolute atomic E-state index is 4.74. The Hall–Kier alpha value is -1.71. The lowest BCUT2D eigenvalue weighted by Gasteiger charge is -2.05. The molecule has 0 radical (unpaired) electrons. The molecule has 2 aromatic carbocycles. The number of thiazole rings is 1. The van der Waals surface area contributed by atoms with E-state index >= 15 is 0 Å². The third-order valence-electron chi connectivity index (χ3n) is 3.51. The number of fused-ring (bicyclic) bond motifs is 1. The van der Waals surface area contributed by atoms with E-state index in [0.29, 0.717) is 6.04 Å². The van der Waals surface area contributed by atoms with Gasteiger partial charge in [-0.25, -0.2) is 4.98 Å². The Morgan fingerprint density at radius 2 is 1.90 bits per heavy atom. The van der Waals surface area contributed by atoms with Gasteiger partial charge in [0.05, 0.1) is 10.7 Å². The van der Waals surface area contributed by atoms with Crippen LogP contribution in [0, 0.1) is 0 Å². The second kappa shape index (κ2) is 6.37. The molecule has 0 saturated carbocycles. The minimum atomic E-state index is 0.494. The van der Waals surface area contributed by atoms with Gasteiger partial charge in [-0.15, -0.1) is 11.3 Å². The predicted octanol–water partition coefficient (Wildman–Crippen LogP) is 4.39. The minimum Gasteiger partial charge on any atom is -0.309 e. The standard InChI is InChI=1S/C18H20N2S/c1-13(2)19-11-16-12-21-18(20-16)10-15-8-5-7-14-6-3-4-9-17(14)15/h3-9,12-13,19H,10-11H2,1-2H3. The molecule has 108 valence electrons. The molecule has 0 aliphatic rings. The van der Waals surface area contributed by atoms with E-state index in [-0.39, 0.29) is 0 Å². The number of hydrogen-bond acceptors (Lipinski definition) is 3. The van der Waals surface area contributed by atoms with Crippen molar-refractivity contribution in [2.45, 2.75) is 32.9 Å². The van der Waals surface area contributed by atoms with E-state index in [1.165, 1.54) is 21.3 Å². The van der Waals surface area contributed by atoms with Gasteiger partial charge in [0.25, 0.3) is 0 Å². The number of benzene rings is 2. The first-order valence-corrected chi connectivity index (χ1v) is 8.23. The average molecular weight is 296 g/mol. The summed E-state index contributed by atoms with van der Waals surface area (Å²) in [4.78, 5) is 4.74. The lowest BCUT2D eigenvalue weighted by atomic mass is 10.0. The monoisotopic (exact) mass is 296 g/mol. The van der Waals surface area contributed by atoms with Gasteiger partial charge in [-0.1, -0.05) is 56.3 Å². The molecule has 0 fully saturated rings. The summed E-state index contributed by atoms with van der Waals surface area (Å²) in [5.74, 6) is 0. The highest BCUT2D eigenvalue weighted by atomic mass is 32.1. The van der Waals surface area contributed by atoms with E-state index in [4.69, 9.17) is 4.98 Å². The number of aromatic nitrogens is 1. The van der Waals surface area contributed by atoms with Gasteiger partial charge >= 0.3 is 0 Å². The SMILES string of the molecule is CC(C)NCc1csc(Cc2cccc3ccccc23)n1. The summed E-state index contributed by atoms with van der Waals surface area (Å²) in [6, 6.07) is 15.5. The molecule has 1 heterocycles. The summed E-state index contributed by atoms with van der Waals surface area (Å²) in [6.45, 7) is 5.16. The highest BCUT2D eigenvalue weighted by molar-refractivity contribution is 7.09. The summed E-state index contributed by atoms with van der Waals surface area (Å²) in [7, 11) is 0. The van der Waals surface area contributed by atoms with E-state index < -0.39 is 0 Å². The molecule has 0 aliphatic carbocycles. The average Bonchev–Trinajstić information content (AvgIpc) is 2.93. The van der Waals surface area contributed by atoms with Crippen LogP contribution >= 0.6 is 11.3 Å². The van der Waals surface area contributed by atoms with E-state index in [0.717, 1.165) is 18.7 Å². The van der Waals surface area contributed by atoms with Gasteiger partial charge in [0.1, 0.15) is 0 Å². The zero-order chi connectivity index (χ0) is 14.7. The van der Waals surface area contributed by atoms with Gasteiger partial charge in [-0.05, 0) is 16.3 Å². The van der Waals surface area contributed by atoms with Crippen LogP contribution in [0.5, 0.6) is 0 Å². The summed E-state index contributed by atoms with van der Waals surface area (Å²) in [5, 5.41) is 9.39. The Morgan fingerprint density at radius 1 is 1.10 bits per heavy atom. The Labute approximate surface area is 129 Å². The van der Waals surface area contributed by atoms with Crippen molar-refractivity contribution in [1.82, 2.24) is 10.3 Å². The van der Waals surface area contributed by atoms with Crippen molar-refractivity contribution in [3.05, 3.63) is 64.1 Å². The largest absolute Gasteiger partial charge is 0.309 e. The van der Waals surface area contributed by atoms with Crippen LogP contribution in [0.3, 0.4) is 0 Å². The van der Waals surface area contributed by atoms with Crippen LogP contribution in [0.4, 0.5) is 0 Å². The van der Waals surface area contributed by atoms with E-state index in [1.54, 1.807) is 11.3 Å². The molecular formula is C18H20N2S. The first-order valence-electron chi connectivity index (χ1n) is 7.35. The second-order valence-electron chi connectivity index (χ2n) is 5.58. The number of nitrogens with zero attached hydrogens (tertiary/aromatic N) is 1. The molecule has 0 aliphatic heterocycles. The van der Waals surface area contributed by atoms with E-state index in [2.05, 4.69) is 67.0 Å². The fourth-order valence-corrected chi connectivity index (χ4v) is 3.25. The molecule has 0 atom stereocenters. The van der Waals surface area contributed by atoms with Crippen molar-refractivity contribution in [2.24, 2.45) is 0 Å². The van der Waals surface area contributed by atoms with Crippen molar-refractivity contribution >= 4 is 22.1 Å². The molecular weight excluding hydrogens is 276 g/mol. The first-order chi connectivity index (χ1) is 10.2. The molecule has 1 N–H and O–H groups in total. The van der Waals surface area contributed by atoms with Crippen molar-refractivity contribution in [1.29, 1.82) is 0 Å². The lowest BCUT2D eigenvalue weighted by molar-refractivity contribution is 0.582. The van der Waals surface area contributed by atoms with Crippen LogP contribution in [0.15, 0.2) is 47.8 Å². The topological polar surface area (TPSA) is 24.9 Å². The van der Waals surface area contributed by atoms with Crippen molar-refractivity contribution < 1.29 is 0 Å². The summed E-state index contributed by atoms with van der Waals surface area (Å²) < 4.78 is 0. The Bertz CT molecular complexity index is 725. The Kier molecular flexibility index (Phi) is 4.32. The molecule has 0 saturated heterocycles. The molecule has 0 bridgehead atoms. The molecule has 0 unspecified atom stereocenters. The molecule has 3 rings (SSSR count). The maximum Gasteiger partial charge on any atom is 0.0973 e. The van der Waals surface area contributed by atoms with Gasteiger partial charge in [-0.3, -0.25) is 0 Å². The molecule has 3 aromatic rings. The smallest absolute Gasteiger partial charge is 0.0973 e. The highest BCUT2D eigenvalue weighted by Gasteiger charge is 2.06. The van der Waals surface area contributed by atoms with Gasteiger partial charge < -0.3 is 5.32 Å². The molecule has 0 amide bonds. The third-order valence-corrected chi connectivity index (χ3v) is 4.41. The summed E-state index contributed by atoms with van der Waals surface area (Å²) in [5.41, 5.74) is 2.50. The molecule has 21 heavy (non-hydrogen) atoms.